The lowest BCUT2D eigenvalue weighted by Gasteiger charge is -2.10. The molecular weight excluding hydrogens is 266 g/mol. The predicted octanol–water partition coefficient (Wildman–Crippen LogP) is 2.40. The topological polar surface area (TPSA) is 78.8 Å². The Morgan fingerprint density at radius 1 is 1.24 bits per heavy atom. The fraction of sp³-hybridized carbons (Fsp3) is 0.267. The van der Waals surface area contributed by atoms with E-state index >= 15 is 0 Å². The van der Waals surface area contributed by atoms with Crippen LogP contribution in [0.25, 0.3) is 10.9 Å². The lowest BCUT2D eigenvalue weighted by Crippen LogP contribution is -2.08. The van der Waals surface area contributed by atoms with Crippen molar-refractivity contribution in [3.05, 3.63) is 42.6 Å². The van der Waals surface area contributed by atoms with Crippen LogP contribution < -0.4 is 10.5 Å². The van der Waals surface area contributed by atoms with Gasteiger partial charge in [0.15, 0.2) is 5.82 Å². The Balaban J connectivity index is 1.85. The fourth-order valence-electron chi connectivity index (χ4n) is 2.23. The second-order valence-corrected chi connectivity index (χ2v) is 4.74. The summed E-state index contributed by atoms with van der Waals surface area (Å²) in [5.74, 6) is 1.56. The van der Waals surface area contributed by atoms with Gasteiger partial charge in [-0.1, -0.05) is 6.92 Å². The highest BCUT2D eigenvalue weighted by molar-refractivity contribution is 5.93. The Labute approximate surface area is 122 Å². The zero-order valence-corrected chi connectivity index (χ0v) is 11.9. The zero-order chi connectivity index (χ0) is 14.7. The van der Waals surface area contributed by atoms with Gasteiger partial charge in [-0.05, 0) is 30.7 Å². The Hall–Kier alpha value is -2.63. The van der Waals surface area contributed by atoms with E-state index < -0.39 is 0 Å². The SMILES string of the molecule is CCCn1ncnc1COc1ccc(N)c2ncccc12. The molecule has 6 nitrogen and oxygen atoms in total. The molecule has 0 saturated heterocycles. The molecule has 0 bridgehead atoms. The van der Waals surface area contributed by atoms with E-state index in [-0.39, 0.29) is 0 Å². The van der Waals surface area contributed by atoms with Crippen molar-refractivity contribution in [1.29, 1.82) is 0 Å². The summed E-state index contributed by atoms with van der Waals surface area (Å²) in [6, 6.07) is 7.49. The van der Waals surface area contributed by atoms with Crippen LogP contribution in [-0.4, -0.2) is 19.7 Å². The molecule has 0 unspecified atom stereocenters. The van der Waals surface area contributed by atoms with Gasteiger partial charge in [0.25, 0.3) is 0 Å². The van der Waals surface area contributed by atoms with E-state index in [0.29, 0.717) is 12.3 Å². The molecule has 0 aliphatic heterocycles. The number of aryl methyl sites for hydroxylation is 1. The van der Waals surface area contributed by atoms with Crippen LogP contribution in [0.2, 0.25) is 0 Å². The number of ether oxygens (including phenoxy) is 1. The minimum atomic E-state index is 0.369. The Morgan fingerprint density at radius 2 is 2.14 bits per heavy atom. The summed E-state index contributed by atoms with van der Waals surface area (Å²) in [6.45, 7) is 3.31. The van der Waals surface area contributed by atoms with Gasteiger partial charge in [-0.3, -0.25) is 4.98 Å². The van der Waals surface area contributed by atoms with Crippen molar-refractivity contribution < 1.29 is 4.74 Å². The number of nitrogen functional groups attached to an aromatic ring is 1. The van der Waals surface area contributed by atoms with Gasteiger partial charge in [0.1, 0.15) is 18.7 Å². The number of hydrogen-bond acceptors (Lipinski definition) is 5. The summed E-state index contributed by atoms with van der Waals surface area (Å²) in [7, 11) is 0. The molecule has 0 aliphatic rings. The van der Waals surface area contributed by atoms with Crippen LogP contribution in [0.1, 0.15) is 19.2 Å². The number of fused-ring (bicyclic) bond motifs is 1. The van der Waals surface area contributed by atoms with Crippen LogP contribution in [0.3, 0.4) is 0 Å². The summed E-state index contributed by atoms with van der Waals surface area (Å²) < 4.78 is 7.75. The van der Waals surface area contributed by atoms with Crippen LogP contribution in [0.4, 0.5) is 5.69 Å². The maximum Gasteiger partial charge on any atom is 0.164 e. The smallest absolute Gasteiger partial charge is 0.164 e. The zero-order valence-electron chi connectivity index (χ0n) is 11.9. The van der Waals surface area contributed by atoms with Gasteiger partial charge in [-0.15, -0.1) is 0 Å². The maximum absolute atomic E-state index is 5.93. The van der Waals surface area contributed by atoms with Gasteiger partial charge >= 0.3 is 0 Å². The highest BCUT2D eigenvalue weighted by atomic mass is 16.5. The van der Waals surface area contributed by atoms with Gasteiger partial charge in [0.05, 0.1) is 11.2 Å². The van der Waals surface area contributed by atoms with E-state index in [1.807, 2.05) is 22.9 Å². The van der Waals surface area contributed by atoms with Crippen molar-refractivity contribution in [3.63, 3.8) is 0 Å². The molecule has 21 heavy (non-hydrogen) atoms. The first kappa shape index (κ1) is 13.4. The van der Waals surface area contributed by atoms with Crippen LogP contribution in [0.15, 0.2) is 36.8 Å². The van der Waals surface area contributed by atoms with Crippen molar-refractivity contribution in [3.8, 4) is 5.75 Å². The summed E-state index contributed by atoms with van der Waals surface area (Å²) in [5, 5.41) is 5.09. The van der Waals surface area contributed by atoms with Gasteiger partial charge < -0.3 is 10.5 Å². The lowest BCUT2D eigenvalue weighted by atomic mass is 10.2. The molecular formula is C15H17N5O. The van der Waals surface area contributed by atoms with Crippen LogP contribution in [0, 0.1) is 0 Å². The second kappa shape index (κ2) is 5.78. The van der Waals surface area contributed by atoms with Crippen molar-refractivity contribution in [1.82, 2.24) is 19.7 Å². The lowest BCUT2D eigenvalue weighted by molar-refractivity contribution is 0.289. The molecule has 2 N–H and O–H groups in total. The summed E-state index contributed by atoms with van der Waals surface area (Å²) in [5.41, 5.74) is 7.34. The Kier molecular flexibility index (Phi) is 3.68. The van der Waals surface area contributed by atoms with Crippen molar-refractivity contribution in [2.75, 3.05) is 5.73 Å². The normalized spacial score (nSPS) is 10.9. The molecule has 0 amide bonds. The van der Waals surface area contributed by atoms with E-state index in [0.717, 1.165) is 35.4 Å². The Bertz CT molecular complexity index is 753. The molecule has 108 valence electrons. The molecule has 0 radical (unpaired) electrons. The molecule has 0 fully saturated rings. The fourth-order valence-corrected chi connectivity index (χ4v) is 2.23. The number of rotatable bonds is 5. The van der Waals surface area contributed by atoms with Crippen molar-refractivity contribution in [2.24, 2.45) is 0 Å². The van der Waals surface area contributed by atoms with Crippen LogP contribution in [0.5, 0.6) is 5.75 Å². The highest BCUT2D eigenvalue weighted by Gasteiger charge is 2.08. The first-order valence-electron chi connectivity index (χ1n) is 6.92. The molecule has 3 rings (SSSR count). The van der Waals surface area contributed by atoms with E-state index in [9.17, 15) is 0 Å². The molecule has 6 heteroatoms. The molecule has 2 heterocycles. The molecule has 3 aromatic rings. The highest BCUT2D eigenvalue weighted by Crippen LogP contribution is 2.28. The first-order valence-corrected chi connectivity index (χ1v) is 6.92. The molecule has 0 atom stereocenters. The summed E-state index contributed by atoms with van der Waals surface area (Å²) in [6.07, 6.45) is 4.28. The van der Waals surface area contributed by atoms with Gasteiger partial charge in [-0.2, -0.15) is 5.10 Å². The number of benzene rings is 1. The van der Waals surface area contributed by atoms with E-state index in [4.69, 9.17) is 10.5 Å². The molecule has 0 saturated carbocycles. The first-order chi connectivity index (χ1) is 10.3. The predicted molar refractivity (Wildman–Crippen MR) is 80.8 cm³/mol. The number of hydrogen-bond donors (Lipinski definition) is 1. The van der Waals surface area contributed by atoms with Crippen LogP contribution in [-0.2, 0) is 13.2 Å². The summed E-state index contributed by atoms with van der Waals surface area (Å²) >= 11 is 0. The third kappa shape index (κ3) is 2.65. The van der Waals surface area contributed by atoms with Crippen LogP contribution >= 0.6 is 0 Å². The molecule has 1 aromatic carbocycles. The number of anilines is 1. The maximum atomic E-state index is 5.93. The van der Waals surface area contributed by atoms with Gasteiger partial charge in [-0.25, -0.2) is 9.67 Å². The van der Waals surface area contributed by atoms with Gasteiger partial charge in [0, 0.05) is 18.1 Å². The monoisotopic (exact) mass is 283 g/mol. The number of nitrogens with zero attached hydrogens (tertiary/aromatic N) is 4. The average molecular weight is 283 g/mol. The number of aromatic nitrogens is 4. The van der Waals surface area contributed by atoms with Crippen molar-refractivity contribution in [2.45, 2.75) is 26.5 Å². The van der Waals surface area contributed by atoms with E-state index in [2.05, 4.69) is 22.0 Å². The third-order valence-electron chi connectivity index (χ3n) is 3.25. The van der Waals surface area contributed by atoms with Gasteiger partial charge in [0.2, 0.25) is 0 Å². The number of pyridine rings is 1. The van der Waals surface area contributed by atoms with E-state index in [1.54, 1.807) is 18.6 Å². The second-order valence-electron chi connectivity index (χ2n) is 4.74. The standard InChI is InChI=1S/C15H17N5O/c1-2-8-20-14(18-10-19-20)9-21-13-6-5-12(16)15-11(13)4-3-7-17-15/h3-7,10H,2,8-9,16H2,1H3. The minimum absolute atomic E-state index is 0.369. The third-order valence-corrected chi connectivity index (χ3v) is 3.25. The van der Waals surface area contributed by atoms with Crippen molar-refractivity contribution >= 4 is 16.6 Å². The molecule has 2 aromatic heterocycles. The largest absolute Gasteiger partial charge is 0.485 e. The Morgan fingerprint density at radius 3 is 3.00 bits per heavy atom. The van der Waals surface area contributed by atoms with E-state index in [1.165, 1.54) is 0 Å². The number of nitrogens with two attached hydrogens (primary N) is 1. The summed E-state index contributed by atoms with van der Waals surface area (Å²) in [4.78, 5) is 8.53. The molecule has 0 spiro atoms. The average Bonchev–Trinajstić information content (AvgIpc) is 2.95. The quantitative estimate of drug-likeness (QED) is 0.727. The minimum Gasteiger partial charge on any atom is -0.485 e. The molecule has 0 aliphatic carbocycles.